The van der Waals surface area contributed by atoms with Crippen LogP contribution in [0.2, 0.25) is 5.02 Å². The minimum absolute atomic E-state index is 0.179. The second-order valence-electron chi connectivity index (χ2n) is 14.5. The molecule has 2 atom stereocenters. The lowest BCUT2D eigenvalue weighted by molar-refractivity contribution is -0.119. The van der Waals surface area contributed by atoms with Crippen LogP contribution in [0.1, 0.15) is 114 Å². The van der Waals surface area contributed by atoms with Crippen LogP contribution in [-0.2, 0) is 9.53 Å². The van der Waals surface area contributed by atoms with Gasteiger partial charge in [-0.25, -0.2) is 4.79 Å². The van der Waals surface area contributed by atoms with Crippen LogP contribution < -0.4 is 5.32 Å². The third kappa shape index (κ3) is 6.50. The number of amides is 2. The Morgan fingerprint density at radius 3 is 2.40 bits per heavy atom. The van der Waals surface area contributed by atoms with E-state index in [1.807, 2.05) is 45.9 Å². The molecule has 2 aliphatic carbocycles. The van der Waals surface area contributed by atoms with Crippen LogP contribution in [0.5, 0.6) is 0 Å². The summed E-state index contributed by atoms with van der Waals surface area (Å²) in [7, 11) is 0. The van der Waals surface area contributed by atoms with E-state index in [1.165, 1.54) is 12.0 Å². The molecule has 7 nitrogen and oxygen atoms in total. The number of carbonyl (C=O) groups excluding carboxylic acids is 2. The molecule has 1 aromatic heterocycles. The molecule has 2 saturated carbocycles. The molecule has 1 N–H and O–H groups in total. The van der Waals surface area contributed by atoms with Crippen molar-refractivity contribution in [3.8, 4) is 0 Å². The summed E-state index contributed by atoms with van der Waals surface area (Å²) in [5.74, 6) is 1.55. The first-order valence-electron chi connectivity index (χ1n) is 14.7. The lowest BCUT2D eigenvalue weighted by Gasteiger charge is -2.38. The lowest BCUT2D eigenvalue weighted by Crippen LogP contribution is -2.36. The van der Waals surface area contributed by atoms with Gasteiger partial charge in [-0.2, -0.15) is 0 Å². The van der Waals surface area contributed by atoms with Crippen molar-refractivity contribution in [1.29, 1.82) is 0 Å². The zero-order chi connectivity index (χ0) is 29.0. The molecule has 0 radical (unpaired) electrons. The second-order valence-corrected chi connectivity index (χ2v) is 14.9. The molecule has 1 aromatic carbocycles. The van der Waals surface area contributed by atoms with Gasteiger partial charge in [-0.15, -0.1) is 0 Å². The van der Waals surface area contributed by atoms with Crippen molar-refractivity contribution in [2.75, 3.05) is 18.4 Å². The number of rotatable bonds is 6. The Morgan fingerprint density at radius 2 is 1.80 bits per heavy atom. The molecule has 0 bridgehead atoms. The first-order chi connectivity index (χ1) is 18.7. The molecule has 218 valence electrons. The van der Waals surface area contributed by atoms with Gasteiger partial charge >= 0.3 is 6.09 Å². The number of benzene rings is 1. The zero-order valence-corrected chi connectivity index (χ0v) is 25.7. The number of nitrogens with one attached hydrogen (secondary N) is 1. The summed E-state index contributed by atoms with van der Waals surface area (Å²) >= 11 is 6.45. The molecular formula is C32H44ClN3O4. The van der Waals surface area contributed by atoms with Crippen LogP contribution in [-0.4, -0.2) is 40.7 Å². The lowest BCUT2D eigenvalue weighted by atomic mass is 9.66. The number of hydrogen-bond donors (Lipinski definition) is 1. The van der Waals surface area contributed by atoms with Crippen molar-refractivity contribution >= 4 is 29.3 Å². The predicted octanol–water partition coefficient (Wildman–Crippen LogP) is 8.03. The Bertz CT molecular complexity index is 1260. The first kappa shape index (κ1) is 29.0. The Labute approximate surface area is 243 Å². The summed E-state index contributed by atoms with van der Waals surface area (Å²) in [5, 5.41) is 8.15. The van der Waals surface area contributed by atoms with E-state index in [2.05, 4.69) is 31.2 Å². The van der Waals surface area contributed by atoms with Crippen LogP contribution in [0.25, 0.3) is 0 Å². The molecular weight excluding hydrogens is 526 g/mol. The molecule has 0 spiro atoms. The fourth-order valence-electron chi connectivity index (χ4n) is 6.42. The number of ether oxygens (including phenoxy) is 1. The third-order valence-corrected chi connectivity index (χ3v) is 8.63. The molecule has 3 fully saturated rings. The number of aromatic nitrogens is 1. The first-order valence-corrected chi connectivity index (χ1v) is 15.1. The Hall–Kier alpha value is -2.54. The number of hydrogen-bond acceptors (Lipinski definition) is 5. The number of nitrogens with zero attached hydrogens (tertiary/aromatic N) is 2. The SMILES string of the molecule is Cc1ccc(NC(=O)[C@H]2CN(C(=O)OC(C)(C)C)C[C@@H]2c2noc(C3CC(CC(C)(C)C)C3)c2C2CC2)c(Cl)c1. The molecule has 8 heteroatoms. The quantitative estimate of drug-likeness (QED) is 0.380. The summed E-state index contributed by atoms with van der Waals surface area (Å²) in [6.45, 7) is 15.0. The van der Waals surface area contributed by atoms with E-state index in [1.54, 1.807) is 4.90 Å². The van der Waals surface area contributed by atoms with Crippen LogP contribution >= 0.6 is 11.6 Å². The van der Waals surface area contributed by atoms with Crippen molar-refractivity contribution in [3.05, 3.63) is 45.8 Å². The van der Waals surface area contributed by atoms with Crippen LogP contribution in [0, 0.1) is 24.2 Å². The number of likely N-dealkylation sites (tertiary alicyclic amines) is 1. The second kappa shape index (κ2) is 10.7. The molecule has 2 amide bonds. The summed E-state index contributed by atoms with van der Waals surface area (Å²) in [6, 6.07) is 5.57. The number of anilines is 1. The van der Waals surface area contributed by atoms with E-state index >= 15 is 0 Å². The molecule has 3 aliphatic rings. The van der Waals surface area contributed by atoms with Gasteiger partial charge in [-0.05, 0) is 94.7 Å². The summed E-state index contributed by atoms with van der Waals surface area (Å²) in [6.07, 6.45) is 5.25. The summed E-state index contributed by atoms with van der Waals surface area (Å²) in [5.41, 5.74) is 3.31. The van der Waals surface area contributed by atoms with Crippen molar-refractivity contribution < 1.29 is 18.8 Å². The van der Waals surface area contributed by atoms with E-state index < -0.39 is 17.6 Å². The number of aryl methyl sites for hydroxylation is 1. The van der Waals surface area contributed by atoms with Crippen molar-refractivity contribution in [1.82, 2.24) is 10.1 Å². The number of carbonyl (C=O) groups is 2. The molecule has 1 saturated heterocycles. The van der Waals surface area contributed by atoms with Crippen molar-refractivity contribution in [2.24, 2.45) is 17.3 Å². The minimum Gasteiger partial charge on any atom is -0.444 e. The molecule has 0 unspecified atom stereocenters. The Balaban J connectivity index is 1.41. The van der Waals surface area contributed by atoms with E-state index in [9.17, 15) is 9.59 Å². The highest BCUT2D eigenvalue weighted by Crippen LogP contribution is 2.54. The maximum atomic E-state index is 13.8. The normalized spacial score (nSPS) is 25.1. The highest BCUT2D eigenvalue weighted by atomic mass is 35.5. The van der Waals surface area contributed by atoms with Gasteiger partial charge < -0.3 is 19.5 Å². The largest absolute Gasteiger partial charge is 0.444 e. The Morgan fingerprint density at radius 1 is 1.10 bits per heavy atom. The van der Waals surface area contributed by atoms with Gasteiger partial charge in [0.05, 0.1) is 22.3 Å². The van der Waals surface area contributed by atoms with E-state index in [0.29, 0.717) is 40.4 Å². The average Bonchev–Trinajstić information content (AvgIpc) is 3.39. The molecule has 5 rings (SSSR count). The predicted molar refractivity (Wildman–Crippen MR) is 157 cm³/mol. The molecule has 40 heavy (non-hydrogen) atoms. The zero-order valence-electron chi connectivity index (χ0n) is 25.0. The standard InChI is InChI=1S/C32H44ClN3O4/c1-18-8-11-25(24(33)12-18)34-29(37)23-17-36(30(38)39-32(5,6)7)16-22(23)27-26(20-9-10-20)28(40-35-27)21-13-19(14-21)15-31(2,3)4/h8,11-12,19-23H,9-10,13-17H2,1-7H3,(H,34,37)/t19?,21?,22-,23-/m0/s1. The molecule has 2 heterocycles. The summed E-state index contributed by atoms with van der Waals surface area (Å²) < 4.78 is 11.8. The van der Waals surface area contributed by atoms with E-state index in [4.69, 9.17) is 20.9 Å². The van der Waals surface area contributed by atoms with Gasteiger partial charge in [0.25, 0.3) is 0 Å². The van der Waals surface area contributed by atoms with E-state index in [0.717, 1.165) is 42.7 Å². The fourth-order valence-corrected chi connectivity index (χ4v) is 6.70. The third-order valence-electron chi connectivity index (χ3n) is 8.32. The van der Waals surface area contributed by atoms with Crippen LogP contribution in [0.3, 0.4) is 0 Å². The fraction of sp³-hybridized carbons (Fsp3) is 0.656. The van der Waals surface area contributed by atoms with Crippen LogP contribution in [0.15, 0.2) is 22.7 Å². The molecule has 2 aromatic rings. The van der Waals surface area contributed by atoms with Gasteiger partial charge in [-0.3, -0.25) is 4.79 Å². The van der Waals surface area contributed by atoms with Gasteiger partial charge in [-0.1, -0.05) is 43.6 Å². The van der Waals surface area contributed by atoms with Crippen LogP contribution in [0.4, 0.5) is 10.5 Å². The minimum atomic E-state index is -0.629. The summed E-state index contributed by atoms with van der Waals surface area (Å²) in [4.78, 5) is 28.5. The molecule has 1 aliphatic heterocycles. The maximum Gasteiger partial charge on any atom is 0.410 e. The van der Waals surface area contributed by atoms with Crippen molar-refractivity contribution in [3.63, 3.8) is 0 Å². The van der Waals surface area contributed by atoms with E-state index in [-0.39, 0.29) is 18.4 Å². The highest BCUT2D eigenvalue weighted by molar-refractivity contribution is 6.33. The maximum absolute atomic E-state index is 13.8. The number of halogens is 1. The average molecular weight is 570 g/mol. The van der Waals surface area contributed by atoms with Gasteiger partial charge in [0.2, 0.25) is 5.91 Å². The topological polar surface area (TPSA) is 84.7 Å². The Kier molecular flexibility index (Phi) is 7.75. The smallest absolute Gasteiger partial charge is 0.410 e. The van der Waals surface area contributed by atoms with Gasteiger partial charge in [0, 0.05) is 30.5 Å². The highest BCUT2D eigenvalue weighted by Gasteiger charge is 2.48. The monoisotopic (exact) mass is 569 g/mol. The van der Waals surface area contributed by atoms with Gasteiger partial charge in [0.15, 0.2) is 0 Å². The van der Waals surface area contributed by atoms with Gasteiger partial charge in [0.1, 0.15) is 11.4 Å². The van der Waals surface area contributed by atoms with Crippen molar-refractivity contribution in [2.45, 2.75) is 104 Å².